The van der Waals surface area contributed by atoms with Crippen molar-refractivity contribution in [1.29, 1.82) is 0 Å². The summed E-state index contributed by atoms with van der Waals surface area (Å²) in [5.41, 5.74) is 0.341. The quantitative estimate of drug-likeness (QED) is 0.710. The number of rotatable bonds is 3. The molecule has 1 aromatic heterocycles. The summed E-state index contributed by atoms with van der Waals surface area (Å²) in [4.78, 5) is 16.7. The van der Waals surface area contributed by atoms with Crippen molar-refractivity contribution in [3.05, 3.63) is 64.5 Å². The molecule has 0 spiro atoms. The topological polar surface area (TPSA) is 34.4 Å². The van der Waals surface area contributed by atoms with Gasteiger partial charge < -0.3 is 4.57 Å². The van der Waals surface area contributed by atoms with Crippen LogP contribution in [0, 0.1) is 11.6 Å². The van der Waals surface area contributed by atoms with Gasteiger partial charge in [0.2, 0.25) is 0 Å². The standard InChI is InChI=1S/C17H14F2N2OS/c1-2-10-21-13-8-3-4-9-14(13)23-17(21)20-16(22)15-11(18)6-5-7-12(15)19/h3-9H,2,10H2,1H3. The van der Waals surface area contributed by atoms with Crippen LogP contribution in [0.2, 0.25) is 0 Å². The number of halogens is 2. The Morgan fingerprint density at radius 3 is 2.52 bits per heavy atom. The summed E-state index contributed by atoms with van der Waals surface area (Å²) in [6.45, 7) is 2.69. The molecular weight excluding hydrogens is 318 g/mol. The molecule has 0 unspecified atom stereocenters. The van der Waals surface area contributed by atoms with Crippen molar-refractivity contribution < 1.29 is 13.6 Å². The molecule has 0 saturated carbocycles. The van der Waals surface area contributed by atoms with Crippen molar-refractivity contribution >= 4 is 27.5 Å². The van der Waals surface area contributed by atoms with Crippen LogP contribution in [0.4, 0.5) is 8.78 Å². The molecule has 1 amide bonds. The van der Waals surface area contributed by atoms with E-state index >= 15 is 0 Å². The first kappa shape index (κ1) is 15.6. The summed E-state index contributed by atoms with van der Waals surface area (Å²) in [6, 6.07) is 11.0. The number of thiazole rings is 1. The van der Waals surface area contributed by atoms with Gasteiger partial charge in [-0.3, -0.25) is 4.79 Å². The van der Waals surface area contributed by atoms with Crippen LogP contribution >= 0.6 is 11.3 Å². The lowest BCUT2D eigenvalue weighted by molar-refractivity contribution is 0.0990. The Labute approximate surface area is 135 Å². The number of benzene rings is 2. The Morgan fingerprint density at radius 1 is 1.13 bits per heavy atom. The van der Waals surface area contributed by atoms with E-state index in [0.29, 0.717) is 11.3 Å². The van der Waals surface area contributed by atoms with E-state index in [9.17, 15) is 13.6 Å². The third kappa shape index (κ3) is 2.94. The molecule has 0 aliphatic carbocycles. The van der Waals surface area contributed by atoms with Crippen LogP contribution in [0.1, 0.15) is 23.7 Å². The van der Waals surface area contributed by atoms with Gasteiger partial charge in [-0.1, -0.05) is 36.5 Å². The molecule has 118 valence electrons. The number of aryl methyl sites for hydroxylation is 1. The fourth-order valence-electron chi connectivity index (χ4n) is 2.39. The third-order valence-electron chi connectivity index (χ3n) is 3.41. The molecule has 3 nitrogen and oxygen atoms in total. The van der Waals surface area contributed by atoms with E-state index in [1.807, 2.05) is 35.8 Å². The highest BCUT2D eigenvalue weighted by atomic mass is 32.1. The number of nitrogens with zero attached hydrogens (tertiary/aromatic N) is 2. The molecule has 1 heterocycles. The number of carbonyl (C=O) groups is 1. The second-order valence-corrected chi connectivity index (χ2v) is 6.03. The lowest BCUT2D eigenvalue weighted by Gasteiger charge is -2.03. The molecule has 2 aromatic carbocycles. The van der Waals surface area contributed by atoms with Gasteiger partial charge in [0.1, 0.15) is 17.2 Å². The fraction of sp³-hybridized carbons (Fsp3) is 0.176. The summed E-state index contributed by atoms with van der Waals surface area (Å²) in [6.07, 6.45) is 0.857. The second kappa shape index (κ2) is 6.42. The van der Waals surface area contributed by atoms with Crippen LogP contribution in [0.25, 0.3) is 10.2 Å². The summed E-state index contributed by atoms with van der Waals surface area (Å²) >= 11 is 1.33. The van der Waals surface area contributed by atoms with E-state index in [1.54, 1.807) is 0 Å². The lowest BCUT2D eigenvalue weighted by atomic mass is 10.2. The summed E-state index contributed by atoms with van der Waals surface area (Å²) in [5.74, 6) is -2.71. The Kier molecular flexibility index (Phi) is 4.34. The summed E-state index contributed by atoms with van der Waals surface area (Å²) in [7, 11) is 0. The molecule has 0 radical (unpaired) electrons. The number of para-hydroxylation sites is 1. The highest BCUT2D eigenvalue weighted by Crippen LogP contribution is 2.18. The van der Waals surface area contributed by atoms with Gasteiger partial charge in [-0.25, -0.2) is 8.78 Å². The van der Waals surface area contributed by atoms with Crippen LogP contribution < -0.4 is 4.80 Å². The van der Waals surface area contributed by atoms with Crippen molar-refractivity contribution in [2.24, 2.45) is 4.99 Å². The first-order chi connectivity index (χ1) is 11.1. The molecule has 0 atom stereocenters. The molecular formula is C17H14F2N2OS. The molecule has 0 fully saturated rings. The van der Waals surface area contributed by atoms with Crippen LogP contribution in [-0.2, 0) is 6.54 Å². The van der Waals surface area contributed by atoms with Gasteiger partial charge in [0.25, 0.3) is 5.91 Å². The smallest absolute Gasteiger partial charge is 0.285 e. The number of hydrogen-bond donors (Lipinski definition) is 0. The molecule has 6 heteroatoms. The monoisotopic (exact) mass is 332 g/mol. The predicted octanol–water partition coefficient (Wildman–Crippen LogP) is 4.13. The average molecular weight is 332 g/mol. The van der Waals surface area contributed by atoms with Gasteiger partial charge >= 0.3 is 0 Å². The predicted molar refractivity (Wildman–Crippen MR) is 86.4 cm³/mol. The number of carbonyl (C=O) groups excluding carboxylic acids is 1. The second-order valence-electron chi connectivity index (χ2n) is 5.02. The van der Waals surface area contributed by atoms with Crippen LogP contribution in [0.3, 0.4) is 0 Å². The van der Waals surface area contributed by atoms with Gasteiger partial charge in [0, 0.05) is 6.54 Å². The maximum atomic E-state index is 13.7. The minimum Gasteiger partial charge on any atom is -0.316 e. The maximum Gasteiger partial charge on any atom is 0.285 e. The van der Waals surface area contributed by atoms with Crippen LogP contribution in [0.15, 0.2) is 47.5 Å². The third-order valence-corrected chi connectivity index (χ3v) is 4.47. The maximum absolute atomic E-state index is 13.7. The van der Waals surface area contributed by atoms with Crippen molar-refractivity contribution in [3.63, 3.8) is 0 Å². The van der Waals surface area contributed by atoms with E-state index in [2.05, 4.69) is 4.99 Å². The van der Waals surface area contributed by atoms with Crippen molar-refractivity contribution in [2.75, 3.05) is 0 Å². The average Bonchev–Trinajstić information content (AvgIpc) is 2.85. The van der Waals surface area contributed by atoms with Gasteiger partial charge in [0.05, 0.1) is 10.2 Å². The van der Waals surface area contributed by atoms with Gasteiger partial charge in [0.15, 0.2) is 4.80 Å². The zero-order valence-corrected chi connectivity index (χ0v) is 13.2. The van der Waals surface area contributed by atoms with Crippen LogP contribution in [-0.4, -0.2) is 10.5 Å². The minimum absolute atomic E-state index is 0.445. The Morgan fingerprint density at radius 2 is 1.83 bits per heavy atom. The Hall–Kier alpha value is -2.34. The van der Waals surface area contributed by atoms with Crippen molar-refractivity contribution in [3.8, 4) is 0 Å². The first-order valence-corrected chi connectivity index (χ1v) is 8.05. The largest absolute Gasteiger partial charge is 0.316 e. The number of amides is 1. The van der Waals surface area contributed by atoms with Gasteiger partial charge in [-0.05, 0) is 30.7 Å². The van der Waals surface area contributed by atoms with Gasteiger partial charge in [-0.15, -0.1) is 0 Å². The number of aromatic nitrogens is 1. The summed E-state index contributed by atoms with van der Waals surface area (Å²) < 4.78 is 30.3. The highest BCUT2D eigenvalue weighted by molar-refractivity contribution is 7.16. The molecule has 0 saturated heterocycles. The number of fused-ring (bicyclic) bond motifs is 1. The van der Waals surface area contributed by atoms with Crippen molar-refractivity contribution in [1.82, 2.24) is 4.57 Å². The highest BCUT2D eigenvalue weighted by Gasteiger charge is 2.17. The van der Waals surface area contributed by atoms with Gasteiger partial charge in [-0.2, -0.15) is 4.99 Å². The number of hydrogen-bond acceptors (Lipinski definition) is 2. The molecule has 0 N–H and O–H groups in total. The zero-order chi connectivity index (χ0) is 16.4. The summed E-state index contributed by atoms with van der Waals surface area (Å²) in [5, 5.41) is 0. The van der Waals surface area contributed by atoms with E-state index in [-0.39, 0.29) is 0 Å². The molecule has 0 aliphatic heterocycles. The van der Waals surface area contributed by atoms with Crippen LogP contribution in [0.5, 0.6) is 0 Å². The molecule has 23 heavy (non-hydrogen) atoms. The molecule has 3 aromatic rings. The van der Waals surface area contributed by atoms with E-state index in [4.69, 9.17) is 0 Å². The molecule has 0 bridgehead atoms. The normalized spacial score (nSPS) is 12.0. The van der Waals surface area contributed by atoms with E-state index in [1.165, 1.54) is 17.4 Å². The van der Waals surface area contributed by atoms with Crippen molar-refractivity contribution in [2.45, 2.75) is 19.9 Å². The first-order valence-electron chi connectivity index (χ1n) is 7.23. The van der Waals surface area contributed by atoms with E-state index in [0.717, 1.165) is 28.8 Å². The minimum atomic E-state index is -0.906. The molecule has 0 aliphatic rings. The zero-order valence-electron chi connectivity index (χ0n) is 12.4. The Bertz CT molecular complexity index is 923. The van der Waals surface area contributed by atoms with E-state index < -0.39 is 23.1 Å². The molecule has 3 rings (SSSR count). The lowest BCUT2D eigenvalue weighted by Crippen LogP contribution is -2.17. The Balaban J connectivity index is 2.17. The SMILES string of the molecule is CCCn1c(=NC(=O)c2c(F)cccc2F)sc2ccccc21. The fourth-order valence-corrected chi connectivity index (χ4v) is 3.45.